The number of unbranched alkanes of at least 4 members (excludes halogenated alkanes) is 10. The molecule has 5 heteroatoms. The minimum Gasteiger partial charge on any atom is -0.477 e. The predicted molar refractivity (Wildman–Crippen MR) is 114 cm³/mol. The van der Waals surface area contributed by atoms with Crippen LogP contribution in [0.1, 0.15) is 112 Å². The molecule has 0 aliphatic heterocycles. The van der Waals surface area contributed by atoms with Gasteiger partial charge in [-0.2, -0.15) is 0 Å². The summed E-state index contributed by atoms with van der Waals surface area (Å²) in [5.74, 6) is -1.25. The predicted octanol–water partition coefficient (Wildman–Crippen LogP) is 5.94. The van der Waals surface area contributed by atoms with Gasteiger partial charge in [0.05, 0.1) is 0 Å². The topological polar surface area (TPSA) is 70.5 Å². The molecule has 0 unspecified atom stereocenters. The Morgan fingerprint density at radius 1 is 0.786 bits per heavy atom. The molecule has 1 amide bonds. The molecular weight excluding hydrogens is 352 g/mol. The van der Waals surface area contributed by atoms with E-state index in [1.54, 1.807) is 12.1 Å². The molecule has 0 radical (unpaired) electrons. The molecule has 0 saturated heterocycles. The summed E-state index contributed by atoms with van der Waals surface area (Å²) in [6, 6.07) is 4.63. The van der Waals surface area contributed by atoms with Crippen molar-refractivity contribution in [2.45, 2.75) is 90.9 Å². The SMILES string of the molecule is CCCCCCCCN(CCCCCCCC)C(=O)c1cccc(C(=O)O)n1. The highest BCUT2D eigenvalue weighted by molar-refractivity contribution is 5.94. The Hall–Kier alpha value is -1.91. The molecule has 0 bridgehead atoms. The lowest BCUT2D eigenvalue weighted by Gasteiger charge is -2.22. The van der Waals surface area contributed by atoms with Crippen molar-refractivity contribution in [2.24, 2.45) is 0 Å². The van der Waals surface area contributed by atoms with E-state index in [1.807, 2.05) is 4.90 Å². The van der Waals surface area contributed by atoms with Crippen molar-refractivity contribution >= 4 is 11.9 Å². The number of carbonyl (C=O) groups excluding carboxylic acids is 1. The molecule has 0 atom stereocenters. The first-order chi connectivity index (χ1) is 13.6. The third-order valence-electron chi connectivity index (χ3n) is 5.04. The quantitative estimate of drug-likeness (QED) is 0.354. The van der Waals surface area contributed by atoms with Crippen LogP contribution in [0.15, 0.2) is 18.2 Å². The highest BCUT2D eigenvalue weighted by atomic mass is 16.4. The average Bonchev–Trinajstić information content (AvgIpc) is 2.71. The normalized spacial score (nSPS) is 10.8. The number of hydrogen-bond acceptors (Lipinski definition) is 3. The van der Waals surface area contributed by atoms with Crippen molar-refractivity contribution in [1.82, 2.24) is 9.88 Å². The summed E-state index contributed by atoms with van der Waals surface area (Å²) >= 11 is 0. The maximum absolute atomic E-state index is 12.9. The molecule has 0 saturated carbocycles. The lowest BCUT2D eigenvalue weighted by molar-refractivity contribution is 0.0689. The van der Waals surface area contributed by atoms with Gasteiger partial charge < -0.3 is 10.0 Å². The zero-order chi connectivity index (χ0) is 20.6. The monoisotopic (exact) mass is 390 g/mol. The van der Waals surface area contributed by atoms with Gasteiger partial charge in [-0.15, -0.1) is 0 Å². The van der Waals surface area contributed by atoms with Crippen LogP contribution in [0.5, 0.6) is 0 Å². The third kappa shape index (κ3) is 9.86. The van der Waals surface area contributed by atoms with E-state index in [9.17, 15) is 9.59 Å². The molecule has 28 heavy (non-hydrogen) atoms. The molecule has 0 aliphatic carbocycles. The zero-order valence-electron chi connectivity index (χ0n) is 17.8. The molecule has 1 aromatic heterocycles. The van der Waals surface area contributed by atoms with Crippen LogP contribution in [0.4, 0.5) is 0 Å². The van der Waals surface area contributed by atoms with Crippen molar-refractivity contribution < 1.29 is 14.7 Å². The van der Waals surface area contributed by atoms with Crippen LogP contribution < -0.4 is 0 Å². The van der Waals surface area contributed by atoms with E-state index in [-0.39, 0.29) is 17.3 Å². The van der Waals surface area contributed by atoms with Crippen LogP contribution in [0.25, 0.3) is 0 Å². The van der Waals surface area contributed by atoms with Crippen LogP contribution in [-0.2, 0) is 0 Å². The lowest BCUT2D eigenvalue weighted by atomic mass is 10.1. The summed E-state index contributed by atoms with van der Waals surface area (Å²) in [5, 5.41) is 9.13. The Morgan fingerprint density at radius 3 is 1.75 bits per heavy atom. The van der Waals surface area contributed by atoms with Crippen molar-refractivity contribution in [2.75, 3.05) is 13.1 Å². The zero-order valence-corrected chi connectivity index (χ0v) is 17.8. The second kappa shape index (κ2) is 15.1. The summed E-state index contributed by atoms with van der Waals surface area (Å²) < 4.78 is 0. The Labute approximate surface area is 170 Å². The summed E-state index contributed by atoms with van der Waals surface area (Å²) in [5.41, 5.74) is 0.154. The molecule has 1 N–H and O–H groups in total. The van der Waals surface area contributed by atoms with E-state index in [0.717, 1.165) is 38.8 Å². The van der Waals surface area contributed by atoms with Gasteiger partial charge in [0.25, 0.3) is 5.91 Å². The van der Waals surface area contributed by atoms with Gasteiger partial charge in [0.1, 0.15) is 11.4 Å². The minimum absolute atomic E-state index is 0.0788. The lowest BCUT2D eigenvalue weighted by Crippen LogP contribution is -2.33. The fraction of sp³-hybridized carbons (Fsp3) is 0.696. The van der Waals surface area contributed by atoms with E-state index >= 15 is 0 Å². The van der Waals surface area contributed by atoms with Gasteiger partial charge in [0.2, 0.25) is 0 Å². The molecule has 5 nitrogen and oxygen atoms in total. The fourth-order valence-electron chi connectivity index (χ4n) is 3.32. The fourth-order valence-corrected chi connectivity index (χ4v) is 3.32. The number of nitrogens with zero attached hydrogens (tertiary/aromatic N) is 2. The molecule has 1 rings (SSSR count). The summed E-state index contributed by atoms with van der Waals surface area (Å²) in [7, 11) is 0. The molecule has 1 aromatic rings. The first-order valence-corrected chi connectivity index (χ1v) is 11.1. The highest BCUT2D eigenvalue weighted by Gasteiger charge is 2.18. The van der Waals surface area contributed by atoms with Crippen LogP contribution in [-0.4, -0.2) is 40.0 Å². The molecule has 0 fully saturated rings. The van der Waals surface area contributed by atoms with E-state index in [0.29, 0.717) is 0 Å². The van der Waals surface area contributed by atoms with E-state index in [2.05, 4.69) is 18.8 Å². The number of carboxylic acids is 1. The second-order valence-electron chi connectivity index (χ2n) is 7.54. The van der Waals surface area contributed by atoms with E-state index in [4.69, 9.17) is 5.11 Å². The van der Waals surface area contributed by atoms with Crippen LogP contribution >= 0.6 is 0 Å². The summed E-state index contributed by atoms with van der Waals surface area (Å²) in [6.45, 7) is 5.86. The Morgan fingerprint density at radius 2 is 1.25 bits per heavy atom. The smallest absolute Gasteiger partial charge is 0.354 e. The van der Waals surface area contributed by atoms with Gasteiger partial charge in [-0.25, -0.2) is 9.78 Å². The van der Waals surface area contributed by atoms with Gasteiger partial charge in [0, 0.05) is 13.1 Å². The molecule has 1 heterocycles. The molecule has 0 spiro atoms. The number of hydrogen-bond donors (Lipinski definition) is 1. The first-order valence-electron chi connectivity index (χ1n) is 11.1. The van der Waals surface area contributed by atoms with Gasteiger partial charge in [0.15, 0.2) is 0 Å². The number of aromatic carboxylic acids is 1. The summed E-state index contributed by atoms with van der Waals surface area (Å²) in [4.78, 5) is 30.0. The van der Waals surface area contributed by atoms with Crippen molar-refractivity contribution in [3.05, 3.63) is 29.6 Å². The number of carbonyl (C=O) groups is 2. The summed E-state index contributed by atoms with van der Waals surface area (Å²) in [6.07, 6.45) is 14.2. The third-order valence-corrected chi connectivity index (χ3v) is 5.04. The molecule has 0 aromatic carbocycles. The van der Waals surface area contributed by atoms with Gasteiger partial charge in [-0.3, -0.25) is 4.79 Å². The molecule has 158 valence electrons. The van der Waals surface area contributed by atoms with Crippen LogP contribution in [0.2, 0.25) is 0 Å². The van der Waals surface area contributed by atoms with Crippen LogP contribution in [0.3, 0.4) is 0 Å². The Balaban J connectivity index is 2.60. The minimum atomic E-state index is -1.10. The number of rotatable bonds is 16. The standard InChI is InChI=1S/C23H38N2O3/c1-3-5-7-9-11-13-18-25(19-14-12-10-8-6-4-2)22(26)20-16-15-17-21(24-20)23(27)28/h15-17H,3-14,18-19H2,1-2H3,(H,27,28). The first kappa shape index (κ1) is 24.1. The van der Waals surface area contributed by atoms with Gasteiger partial charge >= 0.3 is 5.97 Å². The highest BCUT2D eigenvalue weighted by Crippen LogP contribution is 2.12. The van der Waals surface area contributed by atoms with Crippen LogP contribution in [0, 0.1) is 0 Å². The largest absolute Gasteiger partial charge is 0.477 e. The second-order valence-corrected chi connectivity index (χ2v) is 7.54. The van der Waals surface area contributed by atoms with E-state index in [1.165, 1.54) is 57.4 Å². The van der Waals surface area contributed by atoms with E-state index < -0.39 is 5.97 Å². The van der Waals surface area contributed by atoms with Crippen molar-refractivity contribution in [3.8, 4) is 0 Å². The number of amides is 1. The maximum atomic E-state index is 12.9. The van der Waals surface area contributed by atoms with Crippen molar-refractivity contribution in [3.63, 3.8) is 0 Å². The Bertz CT molecular complexity index is 559. The molecular formula is C23H38N2O3. The molecule has 0 aliphatic rings. The number of pyridine rings is 1. The number of carboxylic acid groups (broad SMARTS) is 1. The maximum Gasteiger partial charge on any atom is 0.354 e. The average molecular weight is 391 g/mol. The van der Waals surface area contributed by atoms with Crippen molar-refractivity contribution in [1.29, 1.82) is 0 Å². The van der Waals surface area contributed by atoms with Gasteiger partial charge in [-0.1, -0.05) is 84.1 Å². The Kier molecular flexibility index (Phi) is 13.0. The number of aromatic nitrogens is 1. The van der Waals surface area contributed by atoms with Gasteiger partial charge in [-0.05, 0) is 25.0 Å².